The maximum Gasteiger partial charge on any atom is 0.167 e. The highest BCUT2D eigenvalue weighted by Crippen LogP contribution is 2.27. The van der Waals surface area contributed by atoms with Crippen LogP contribution in [0.5, 0.6) is 5.75 Å². The highest BCUT2D eigenvalue weighted by atomic mass is 32.2. The maximum absolute atomic E-state index is 14.2. The third-order valence-corrected chi connectivity index (χ3v) is 4.75. The van der Waals surface area contributed by atoms with Gasteiger partial charge in [-0.2, -0.15) is 0 Å². The average molecular weight is 373 g/mol. The SMILES string of the molecule is CN(C)CCOc1cc2nc(SCc3ccc(C=O)cc3)[nH]c2cc1F. The highest BCUT2D eigenvalue weighted by molar-refractivity contribution is 7.98. The van der Waals surface area contributed by atoms with Crippen molar-refractivity contribution in [2.24, 2.45) is 0 Å². The summed E-state index contributed by atoms with van der Waals surface area (Å²) in [4.78, 5) is 20.3. The Hall–Kier alpha value is -2.38. The van der Waals surface area contributed by atoms with E-state index in [1.807, 2.05) is 31.1 Å². The number of benzene rings is 2. The van der Waals surface area contributed by atoms with Gasteiger partial charge in [0, 0.05) is 30.0 Å². The van der Waals surface area contributed by atoms with E-state index in [-0.39, 0.29) is 5.75 Å². The second-order valence-electron chi connectivity index (χ2n) is 6.14. The molecule has 0 fully saturated rings. The van der Waals surface area contributed by atoms with Crippen LogP contribution in [-0.2, 0) is 5.75 Å². The van der Waals surface area contributed by atoms with Crippen LogP contribution in [0.25, 0.3) is 11.0 Å². The monoisotopic (exact) mass is 373 g/mol. The van der Waals surface area contributed by atoms with Gasteiger partial charge in [0.1, 0.15) is 12.9 Å². The first kappa shape index (κ1) is 18.4. The van der Waals surface area contributed by atoms with Crippen LogP contribution in [0.4, 0.5) is 4.39 Å². The number of aldehydes is 1. The lowest BCUT2D eigenvalue weighted by molar-refractivity contribution is 0.112. The first-order chi connectivity index (χ1) is 12.5. The smallest absolute Gasteiger partial charge is 0.167 e. The molecule has 3 aromatic rings. The molecule has 0 saturated heterocycles. The summed E-state index contributed by atoms with van der Waals surface area (Å²) in [5.74, 6) is 0.515. The van der Waals surface area contributed by atoms with Gasteiger partial charge in [0.05, 0.1) is 11.0 Å². The number of nitrogens with one attached hydrogen (secondary N) is 1. The number of halogens is 1. The number of carbonyl (C=O) groups is 1. The first-order valence-electron chi connectivity index (χ1n) is 8.19. The molecule has 0 saturated carbocycles. The number of hydrogen-bond acceptors (Lipinski definition) is 5. The van der Waals surface area contributed by atoms with Crippen molar-refractivity contribution in [2.75, 3.05) is 27.2 Å². The van der Waals surface area contributed by atoms with E-state index in [0.717, 1.165) is 11.8 Å². The second-order valence-corrected chi connectivity index (χ2v) is 7.11. The Balaban J connectivity index is 1.68. The lowest BCUT2D eigenvalue weighted by Crippen LogP contribution is -2.19. The molecule has 0 bridgehead atoms. The molecule has 2 aromatic carbocycles. The van der Waals surface area contributed by atoms with Crippen LogP contribution in [0.3, 0.4) is 0 Å². The summed E-state index contributed by atoms with van der Waals surface area (Å²) >= 11 is 1.52. The molecule has 1 aromatic heterocycles. The highest BCUT2D eigenvalue weighted by Gasteiger charge is 2.11. The number of imidazole rings is 1. The molecule has 0 radical (unpaired) electrons. The zero-order chi connectivity index (χ0) is 18.5. The molecule has 7 heteroatoms. The lowest BCUT2D eigenvalue weighted by atomic mass is 10.2. The van der Waals surface area contributed by atoms with Gasteiger partial charge >= 0.3 is 0 Å². The van der Waals surface area contributed by atoms with Crippen molar-refractivity contribution in [1.82, 2.24) is 14.9 Å². The van der Waals surface area contributed by atoms with Crippen molar-refractivity contribution in [1.29, 1.82) is 0 Å². The van der Waals surface area contributed by atoms with Gasteiger partial charge in [-0.15, -0.1) is 0 Å². The van der Waals surface area contributed by atoms with E-state index in [2.05, 4.69) is 9.97 Å². The zero-order valence-electron chi connectivity index (χ0n) is 14.7. The van der Waals surface area contributed by atoms with Crippen LogP contribution in [0.15, 0.2) is 41.6 Å². The summed E-state index contributed by atoms with van der Waals surface area (Å²) in [5, 5.41) is 0.712. The van der Waals surface area contributed by atoms with Crippen molar-refractivity contribution < 1.29 is 13.9 Å². The molecule has 1 N–H and O–H groups in total. The molecule has 136 valence electrons. The molecule has 3 rings (SSSR count). The van der Waals surface area contributed by atoms with E-state index in [0.29, 0.717) is 40.7 Å². The maximum atomic E-state index is 14.2. The Morgan fingerprint density at radius 2 is 2.04 bits per heavy atom. The van der Waals surface area contributed by atoms with Crippen LogP contribution >= 0.6 is 11.8 Å². The third-order valence-electron chi connectivity index (χ3n) is 3.80. The number of aromatic amines is 1. The van der Waals surface area contributed by atoms with Crippen LogP contribution in [0.2, 0.25) is 0 Å². The number of carbonyl (C=O) groups excluding carboxylic acids is 1. The molecular weight excluding hydrogens is 353 g/mol. The Bertz CT molecular complexity index is 894. The number of H-pyrrole nitrogens is 1. The molecule has 0 aliphatic carbocycles. The van der Waals surface area contributed by atoms with Gasteiger partial charge in [0.2, 0.25) is 0 Å². The predicted molar refractivity (Wildman–Crippen MR) is 101 cm³/mol. The quantitative estimate of drug-likeness (QED) is 0.481. The van der Waals surface area contributed by atoms with Gasteiger partial charge in [-0.3, -0.25) is 4.79 Å². The summed E-state index contributed by atoms with van der Waals surface area (Å²) in [6.07, 6.45) is 0.822. The fraction of sp³-hybridized carbons (Fsp3) is 0.263. The number of fused-ring (bicyclic) bond motifs is 1. The number of hydrogen-bond donors (Lipinski definition) is 1. The second kappa shape index (κ2) is 8.33. The number of ether oxygens (including phenoxy) is 1. The zero-order valence-corrected chi connectivity index (χ0v) is 15.5. The molecule has 1 heterocycles. The molecule has 5 nitrogen and oxygen atoms in total. The molecule has 0 aliphatic heterocycles. The topological polar surface area (TPSA) is 58.2 Å². The van der Waals surface area contributed by atoms with Crippen LogP contribution in [-0.4, -0.2) is 48.4 Å². The summed E-state index contributed by atoms with van der Waals surface area (Å²) in [7, 11) is 3.87. The van der Waals surface area contributed by atoms with Crippen molar-refractivity contribution >= 4 is 29.1 Å². The molecular formula is C19H20FN3O2S. The van der Waals surface area contributed by atoms with Crippen LogP contribution < -0.4 is 4.74 Å². The Morgan fingerprint density at radius 1 is 1.27 bits per heavy atom. The van der Waals surface area contributed by atoms with Crippen molar-refractivity contribution in [3.05, 3.63) is 53.3 Å². The van der Waals surface area contributed by atoms with Gasteiger partial charge in [-0.1, -0.05) is 36.0 Å². The van der Waals surface area contributed by atoms with Gasteiger partial charge < -0.3 is 14.6 Å². The Labute approximate surface area is 155 Å². The van der Waals surface area contributed by atoms with Crippen molar-refractivity contribution in [3.8, 4) is 5.75 Å². The third kappa shape index (κ3) is 4.62. The van der Waals surface area contributed by atoms with Crippen molar-refractivity contribution in [2.45, 2.75) is 10.9 Å². The minimum absolute atomic E-state index is 0.215. The molecule has 0 spiro atoms. The van der Waals surface area contributed by atoms with Gasteiger partial charge in [0.15, 0.2) is 16.7 Å². The van der Waals surface area contributed by atoms with E-state index < -0.39 is 5.82 Å². The standard InChI is InChI=1S/C19H20FN3O2S/c1-23(2)7-8-25-18-10-17-16(9-15(18)20)21-19(22-17)26-12-14-5-3-13(11-24)4-6-14/h3-6,9-11H,7-8,12H2,1-2H3,(H,21,22). The number of rotatable bonds is 8. The fourth-order valence-electron chi connectivity index (χ4n) is 2.35. The van der Waals surface area contributed by atoms with Gasteiger partial charge in [0.25, 0.3) is 0 Å². The molecule has 0 unspecified atom stereocenters. The molecule has 0 amide bonds. The van der Waals surface area contributed by atoms with Crippen LogP contribution in [0, 0.1) is 5.82 Å². The van der Waals surface area contributed by atoms with Crippen molar-refractivity contribution in [3.63, 3.8) is 0 Å². The van der Waals surface area contributed by atoms with E-state index in [1.54, 1.807) is 18.2 Å². The largest absolute Gasteiger partial charge is 0.489 e. The van der Waals surface area contributed by atoms with E-state index in [4.69, 9.17) is 4.74 Å². The average Bonchev–Trinajstić information content (AvgIpc) is 3.02. The summed E-state index contributed by atoms with van der Waals surface area (Å²) < 4.78 is 19.7. The van der Waals surface area contributed by atoms with Gasteiger partial charge in [-0.05, 0) is 19.7 Å². The normalized spacial score (nSPS) is 11.2. The fourth-order valence-corrected chi connectivity index (χ4v) is 3.19. The first-order valence-corrected chi connectivity index (χ1v) is 9.17. The number of nitrogens with zero attached hydrogens (tertiary/aromatic N) is 2. The summed E-state index contributed by atoms with van der Waals surface area (Å²) in [6, 6.07) is 10.4. The number of likely N-dealkylation sites (N-methyl/N-ethyl adjacent to an activating group) is 1. The van der Waals surface area contributed by atoms with Gasteiger partial charge in [-0.25, -0.2) is 9.37 Å². The van der Waals surface area contributed by atoms with E-state index >= 15 is 0 Å². The predicted octanol–water partition coefficient (Wildman–Crippen LogP) is 3.75. The minimum Gasteiger partial charge on any atom is -0.489 e. The van der Waals surface area contributed by atoms with E-state index in [9.17, 15) is 9.18 Å². The Kier molecular flexibility index (Phi) is 5.90. The Morgan fingerprint density at radius 3 is 2.73 bits per heavy atom. The van der Waals surface area contributed by atoms with Crippen LogP contribution in [0.1, 0.15) is 15.9 Å². The summed E-state index contributed by atoms with van der Waals surface area (Å²) in [6.45, 7) is 1.13. The molecule has 0 atom stereocenters. The van der Waals surface area contributed by atoms with E-state index in [1.165, 1.54) is 17.8 Å². The molecule has 26 heavy (non-hydrogen) atoms. The lowest BCUT2D eigenvalue weighted by Gasteiger charge is -2.11. The number of aromatic nitrogens is 2. The minimum atomic E-state index is -0.402. The molecule has 0 aliphatic rings. The number of thioether (sulfide) groups is 1. The summed E-state index contributed by atoms with van der Waals surface area (Å²) in [5.41, 5.74) is 3.05.